The number of hydrogen-bond acceptors (Lipinski definition) is 4. The molecule has 0 radical (unpaired) electrons. The average Bonchev–Trinajstić information content (AvgIpc) is 3.06. The van der Waals surface area contributed by atoms with E-state index in [-0.39, 0.29) is 6.04 Å². The van der Waals surface area contributed by atoms with Crippen molar-refractivity contribution in [3.63, 3.8) is 0 Å². The highest BCUT2D eigenvalue weighted by Crippen LogP contribution is 2.38. The molecule has 0 N–H and O–H groups in total. The fraction of sp³-hybridized carbons (Fsp3) is 0.429. The number of alkyl halides is 3. The summed E-state index contributed by atoms with van der Waals surface area (Å²) in [5, 5.41) is 2.09. The van der Waals surface area contributed by atoms with Gasteiger partial charge in [0.25, 0.3) is 0 Å². The van der Waals surface area contributed by atoms with Crippen molar-refractivity contribution in [3.8, 4) is 0 Å². The lowest BCUT2D eigenvalue weighted by Crippen LogP contribution is -2.23. The molecule has 0 amide bonds. The zero-order valence-corrected chi connectivity index (χ0v) is 12.2. The van der Waals surface area contributed by atoms with Crippen LogP contribution in [0.2, 0.25) is 0 Å². The Morgan fingerprint density at radius 2 is 2.10 bits per heavy atom. The highest BCUT2D eigenvalue weighted by molar-refractivity contribution is 7.10. The molecule has 0 spiro atoms. The fourth-order valence-electron chi connectivity index (χ4n) is 2.58. The Bertz CT molecular complexity index is 621. The quantitative estimate of drug-likeness (QED) is 0.832. The van der Waals surface area contributed by atoms with Gasteiger partial charge in [-0.3, -0.25) is 0 Å². The average molecular weight is 313 g/mol. The monoisotopic (exact) mass is 313 g/mol. The zero-order chi connectivity index (χ0) is 15.0. The molecule has 0 aromatic carbocycles. The number of aryl methyl sites for hydroxylation is 1. The maximum atomic E-state index is 12.5. The summed E-state index contributed by atoms with van der Waals surface area (Å²) in [6.45, 7) is 2.83. The molecule has 7 heteroatoms. The lowest BCUT2D eigenvalue weighted by Gasteiger charge is -2.24. The molecule has 1 aliphatic rings. The van der Waals surface area contributed by atoms with Crippen LogP contribution >= 0.6 is 11.3 Å². The van der Waals surface area contributed by atoms with E-state index in [1.165, 1.54) is 16.6 Å². The Labute approximate surface area is 124 Å². The summed E-state index contributed by atoms with van der Waals surface area (Å²) in [5.74, 6) is 0.511. The Hall–Kier alpha value is -1.63. The minimum Gasteiger partial charge on any atom is -0.347 e. The van der Waals surface area contributed by atoms with E-state index in [2.05, 4.69) is 21.4 Å². The van der Waals surface area contributed by atoms with Gasteiger partial charge in [-0.05, 0) is 36.8 Å². The summed E-state index contributed by atoms with van der Waals surface area (Å²) in [7, 11) is 0. The first-order valence-electron chi connectivity index (χ1n) is 6.66. The van der Waals surface area contributed by atoms with Crippen LogP contribution in [0.1, 0.15) is 35.0 Å². The van der Waals surface area contributed by atoms with Crippen molar-refractivity contribution >= 4 is 17.2 Å². The standard InChI is InChI=1S/C14H14F3N3S/c1-9-5-11(21-8-9)10-3-2-4-20(10)13-7-18-12(6-19-13)14(15,16)17/h5-8,10H,2-4H2,1H3. The van der Waals surface area contributed by atoms with Crippen LogP contribution in [0.25, 0.3) is 0 Å². The molecule has 1 atom stereocenters. The fourth-order valence-corrected chi connectivity index (χ4v) is 3.63. The van der Waals surface area contributed by atoms with Crippen molar-refractivity contribution in [1.29, 1.82) is 0 Å². The zero-order valence-electron chi connectivity index (χ0n) is 11.4. The second-order valence-electron chi connectivity index (χ2n) is 5.14. The number of nitrogens with zero attached hydrogens (tertiary/aromatic N) is 3. The van der Waals surface area contributed by atoms with Crippen molar-refractivity contribution < 1.29 is 13.2 Å². The minimum absolute atomic E-state index is 0.190. The third-order valence-electron chi connectivity index (χ3n) is 3.55. The van der Waals surface area contributed by atoms with Crippen molar-refractivity contribution in [1.82, 2.24) is 9.97 Å². The van der Waals surface area contributed by atoms with E-state index >= 15 is 0 Å². The first-order chi connectivity index (χ1) is 9.95. The molecular formula is C14H14F3N3S. The molecule has 2 aromatic heterocycles. The van der Waals surface area contributed by atoms with Gasteiger partial charge in [-0.2, -0.15) is 13.2 Å². The van der Waals surface area contributed by atoms with E-state index in [0.29, 0.717) is 5.82 Å². The maximum absolute atomic E-state index is 12.5. The van der Waals surface area contributed by atoms with Crippen LogP contribution in [0.5, 0.6) is 0 Å². The Morgan fingerprint density at radius 1 is 1.29 bits per heavy atom. The minimum atomic E-state index is -4.44. The first kappa shape index (κ1) is 14.3. The van der Waals surface area contributed by atoms with Crippen LogP contribution < -0.4 is 4.90 Å². The Kier molecular flexibility index (Phi) is 3.61. The molecule has 112 valence electrons. The van der Waals surface area contributed by atoms with E-state index in [9.17, 15) is 13.2 Å². The second kappa shape index (κ2) is 5.29. The topological polar surface area (TPSA) is 29.0 Å². The molecule has 21 heavy (non-hydrogen) atoms. The van der Waals surface area contributed by atoms with Crippen LogP contribution in [0.3, 0.4) is 0 Å². The Morgan fingerprint density at radius 3 is 2.67 bits per heavy atom. The van der Waals surface area contributed by atoms with Gasteiger partial charge in [0.05, 0.1) is 18.4 Å². The van der Waals surface area contributed by atoms with Crippen LogP contribution in [0.15, 0.2) is 23.8 Å². The van der Waals surface area contributed by atoms with E-state index in [4.69, 9.17) is 0 Å². The summed E-state index contributed by atoms with van der Waals surface area (Å²) in [6, 6.07) is 2.32. The molecule has 3 heterocycles. The van der Waals surface area contributed by atoms with Crippen LogP contribution in [-0.4, -0.2) is 16.5 Å². The third-order valence-corrected chi connectivity index (χ3v) is 4.71. The van der Waals surface area contributed by atoms with Crippen molar-refractivity contribution in [2.24, 2.45) is 0 Å². The molecule has 0 aliphatic carbocycles. The molecular weight excluding hydrogens is 299 g/mol. The molecule has 1 unspecified atom stereocenters. The smallest absolute Gasteiger partial charge is 0.347 e. The molecule has 3 nitrogen and oxygen atoms in total. The highest BCUT2D eigenvalue weighted by atomic mass is 32.1. The molecule has 0 bridgehead atoms. The Balaban J connectivity index is 1.85. The van der Waals surface area contributed by atoms with Gasteiger partial charge in [0.2, 0.25) is 0 Å². The largest absolute Gasteiger partial charge is 0.434 e. The van der Waals surface area contributed by atoms with E-state index in [1.54, 1.807) is 11.3 Å². The predicted octanol–water partition coefficient (Wildman–Crippen LogP) is 4.21. The van der Waals surface area contributed by atoms with Gasteiger partial charge in [-0.1, -0.05) is 0 Å². The van der Waals surface area contributed by atoms with Crippen LogP contribution in [-0.2, 0) is 6.18 Å². The normalized spacial score (nSPS) is 19.2. The number of anilines is 1. The summed E-state index contributed by atoms with van der Waals surface area (Å²) in [4.78, 5) is 10.7. The first-order valence-corrected chi connectivity index (χ1v) is 7.54. The summed E-state index contributed by atoms with van der Waals surface area (Å²) < 4.78 is 37.6. The second-order valence-corrected chi connectivity index (χ2v) is 6.08. The maximum Gasteiger partial charge on any atom is 0.434 e. The third kappa shape index (κ3) is 2.88. The summed E-state index contributed by atoms with van der Waals surface area (Å²) in [6.07, 6.45) is -0.417. The van der Waals surface area contributed by atoms with Gasteiger partial charge in [-0.25, -0.2) is 9.97 Å². The van der Waals surface area contributed by atoms with Gasteiger partial charge in [-0.15, -0.1) is 11.3 Å². The van der Waals surface area contributed by atoms with Gasteiger partial charge in [0.1, 0.15) is 5.82 Å². The van der Waals surface area contributed by atoms with Crippen molar-refractivity contribution in [2.75, 3.05) is 11.4 Å². The van der Waals surface area contributed by atoms with Crippen LogP contribution in [0.4, 0.5) is 19.0 Å². The van der Waals surface area contributed by atoms with Gasteiger partial charge in [0, 0.05) is 11.4 Å². The van der Waals surface area contributed by atoms with Crippen LogP contribution in [0, 0.1) is 6.92 Å². The summed E-state index contributed by atoms with van der Waals surface area (Å²) in [5.41, 5.74) is 0.259. The van der Waals surface area contributed by atoms with Crippen molar-refractivity contribution in [3.05, 3.63) is 40.0 Å². The van der Waals surface area contributed by atoms with Gasteiger partial charge < -0.3 is 4.90 Å². The van der Waals surface area contributed by atoms with E-state index < -0.39 is 11.9 Å². The molecule has 1 aliphatic heterocycles. The van der Waals surface area contributed by atoms with Gasteiger partial charge >= 0.3 is 6.18 Å². The van der Waals surface area contributed by atoms with Crippen molar-refractivity contribution in [2.45, 2.75) is 32.0 Å². The number of hydrogen-bond donors (Lipinski definition) is 0. The molecule has 1 fully saturated rings. The van der Waals surface area contributed by atoms with E-state index in [1.807, 2.05) is 11.8 Å². The molecule has 2 aromatic rings. The lowest BCUT2D eigenvalue weighted by atomic mass is 10.1. The molecule has 1 saturated heterocycles. The molecule has 3 rings (SSSR count). The van der Waals surface area contributed by atoms with Gasteiger partial charge in [0.15, 0.2) is 5.69 Å². The number of thiophene rings is 1. The number of aromatic nitrogens is 2. The lowest BCUT2D eigenvalue weighted by molar-refractivity contribution is -0.141. The number of halogens is 3. The summed E-state index contributed by atoms with van der Waals surface area (Å²) >= 11 is 1.68. The van der Waals surface area contributed by atoms with E-state index in [0.717, 1.165) is 25.6 Å². The SMILES string of the molecule is Cc1csc(C2CCCN2c2cnc(C(F)(F)F)cn2)c1. The number of rotatable bonds is 2. The highest BCUT2D eigenvalue weighted by Gasteiger charge is 2.34. The predicted molar refractivity (Wildman–Crippen MR) is 75.4 cm³/mol. The molecule has 0 saturated carbocycles.